The van der Waals surface area contributed by atoms with Gasteiger partial charge in [-0.05, 0) is 24.1 Å². The van der Waals surface area contributed by atoms with Gasteiger partial charge >= 0.3 is 0 Å². The number of benzene rings is 2. The summed E-state index contributed by atoms with van der Waals surface area (Å²) in [4.78, 5) is 41.4. The van der Waals surface area contributed by atoms with Crippen LogP contribution in [0.15, 0.2) is 29.5 Å². The SMILES string of the molecule is COc1cc(OC)c2c(c1Cl)O[C@@]1(C(=O)C3=C(C[C@H]1C)NC(=O)C[C@@H]3c1cc(OC)c(OC)c(OC)c1)C2=O. The Morgan fingerprint density at radius 3 is 2.03 bits per heavy atom. The Bertz CT molecular complexity index is 1420. The molecule has 206 valence electrons. The fraction of sp³-hybridized carbons (Fsp3) is 0.393. The Morgan fingerprint density at radius 2 is 1.46 bits per heavy atom. The molecule has 5 rings (SSSR count). The number of rotatable bonds is 6. The van der Waals surface area contributed by atoms with Crippen LogP contribution in [0.4, 0.5) is 0 Å². The molecule has 39 heavy (non-hydrogen) atoms. The summed E-state index contributed by atoms with van der Waals surface area (Å²) in [5.41, 5.74) is -0.492. The summed E-state index contributed by atoms with van der Waals surface area (Å²) < 4.78 is 33.5. The predicted molar refractivity (Wildman–Crippen MR) is 140 cm³/mol. The zero-order valence-electron chi connectivity index (χ0n) is 22.4. The summed E-state index contributed by atoms with van der Waals surface area (Å²) in [5, 5.41) is 2.91. The molecule has 0 unspecified atom stereocenters. The molecule has 3 atom stereocenters. The van der Waals surface area contributed by atoms with Gasteiger partial charge in [0.25, 0.3) is 0 Å². The molecule has 2 aromatic rings. The van der Waals surface area contributed by atoms with Crippen LogP contribution in [0, 0.1) is 5.92 Å². The Hall–Kier alpha value is -3.92. The quantitative estimate of drug-likeness (QED) is 0.528. The Balaban J connectivity index is 1.68. The summed E-state index contributed by atoms with van der Waals surface area (Å²) in [7, 11) is 7.29. The summed E-state index contributed by atoms with van der Waals surface area (Å²) in [6.45, 7) is 1.73. The molecule has 0 saturated heterocycles. The number of allylic oxidation sites excluding steroid dienone is 1. The van der Waals surface area contributed by atoms with E-state index in [1.807, 2.05) is 0 Å². The average Bonchev–Trinajstić information content (AvgIpc) is 3.25. The molecule has 0 saturated carbocycles. The lowest BCUT2D eigenvalue weighted by atomic mass is 9.66. The van der Waals surface area contributed by atoms with Crippen LogP contribution in [0.25, 0.3) is 0 Å². The highest BCUT2D eigenvalue weighted by Crippen LogP contribution is 2.55. The molecule has 0 aromatic heterocycles. The van der Waals surface area contributed by atoms with Crippen molar-refractivity contribution >= 4 is 29.1 Å². The van der Waals surface area contributed by atoms with E-state index in [0.29, 0.717) is 28.5 Å². The van der Waals surface area contributed by atoms with Gasteiger partial charge in [0.2, 0.25) is 28.8 Å². The molecule has 1 N–H and O–H groups in total. The smallest absolute Gasteiger partial charge is 0.236 e. The maximum absolute atomic E-state index is 14.5. The first-order valence-corrected chi connectivity index (χ1v) is 12.6. The molecule has 2 aromatic carbocycles. The monoisotopic (exact) mass is 557 g/mol. The van der Waals surface area contributed by atoms with Crippen LogP contribution < -0.4 is 33.7 Å². The van der Waals surface area contributed by atoms with E-state index in [9.17, 15) is 14.4 Å². The van der Waals surface area contributed by atoms with Gasteiger partial charge in [0.15, 0.2) is 17.2 Å². The standard InChI is InChI=1S/C28H28ClNO9/c1-12-7-15-21(14(10-20(31)30-15)13-8-18(36-4)24(38-6)19(9-13)37-5)26(32)28(12)27(33)22-16(34-2)11-17(35-3)23(29)25(22)39-28/h8-9,11-12,14H,7,10H2,1-6H3,(H,30,31)/t12-,14-,28+/m1/s1. The van der Waals surface area contributed by atoms with Gasteiger partial charge in [-0.3, -0.25) is 14.4 Å². The van der Waals surface area contributed by atoms with E-state index >= 15 is 0 Å². The first-order chi connectivity index (χ1) is 18.7. The highest BCUT2D eigenvalue weighted by Gasteiger charge is 2.63. The van der Waals surface area contributed by atoms with Gasteiger partial charge < -0.3 is 33.7 Å². The van der Waals surface area contributed by atoms with Crippen LogP contribution in [0.2, 0.25) is 5.02 Å². The second kappa shape index (κ2) is 9.68. The molecule has 10 nitrogen and oxygen atoms in total. The van der Waals surface area contributed by atoms with E-state index in [2.05, 4.69) is 5.32 Å². The van der Waals surface area contributed by atoms with Crippen LogP contribution in [0.5, 0.6) is 34.5 Å². The fourth-order valence-electron chi connectivity index (χ4n) is 5.78. The third kappa shape index (κ3) is 3.72. The Kier molecular flexibility index (Phi) is 6.62. The average molecular weight is 558 g/mol. The molecule has 2 aliphatic heterocycles. The second-order valence-corrected chi connectivity index (χ2v) is 9.93. The minimum atomic E-state index is -1.90. The van der Waals surface area contributed by atoms with E-state index in [-0.39, 0.29) is 52.2 Å². The number of carbonyl (C=O) groups is 3. The number of ether oxygens (including phenoxy) is 6. The van der Waals surface area contributed by atoms with Crippen molar-refractivity contribution in [3.05, 3.63) is 45.6 Å². The van der Waals surface area contributed by atoms with E-state index in [0.717, 1.165) is 0 Å². The Labute approximate surface area is 230 Å². The molecule has 0 bridgehead atoms. The van der Waals surface area contributed by atoms with Gasteiger partial charge in [-0.2, -0.15) is 0 Å². The zero-order chi connectivity index (χ0) is 28.2. The van der Waals surface area contributed by atoms with Crippen molar-refractivity contribution in [1.82, 2.24) is 5.32 Å². The normalized spacial score (nSPS) is 23.6. The molecule has 1 amide bonds. The van der Waals surface area contributed by atoms with Crippen molar-refractivity contribution in [2.75, 3.05) is 35.5 Å². The number of nitrogens with one attached hydrogen (secondary N) is 1. The van der Waals surface area contributed by atoms with Crippen molar-refractivity contribution < 1.29 is 42.8 Å². The van der Waals surface area contributed by atoms with E-state index in [4.69, 9.17) is 40.0 Å². The number of ketones is 2. The molecule has 0 fully saturated rings. The van der Waals surface area contributed by atoms with Crippen LogP contribution in [-0.4, -0.2) is 58.6 Å². The topological polar surface area (TPSA) is 119 Å². The second-order valence-electron chi connectivity index (χ2n) is 9.56. The molecule has 0 radical (unpaired) electrons. The van der Waals surface area contributed by atoms with Crippen molar-refractivity contribution in [3.8, 4) is 34.5 Å². The highest BCUT2D eigenvalue weighted by molar-refractivity contribution is 6.36. The van der Waals surface area contributed by atoms with Gasteiger partial charge in [0.05, 0.1) is 35.5 Å². The number of Topliss-reactive ketones (excluding diaryl/α,β-unsaturated/α-hetero) is 2. The first-order valence-electron chi connectivity index (χ1n) is 12.2. The van der Waals surface area contributed by atoms with E-state index in [1.54, 1.807) is 19.1 Å². The Morgan fingerprint density at radius 1 is 0.846 bits per heavy atom. The number of amides is 1. The molecule has 3 aliphatic rings. The largest absolute Gasteiger partial charge is 0.496 e. The van der Waals surface area contributed by atoms with Crippen molar-refractivity contribution in [1.29, 1.82) is 0 Å². The van der Waals surface area contributed by atoms with Crippen LogP contribution in [0.1, 0.15) is 41.6 Å². The predicted octanol–water partition coefficient (Wildman–Crippen LogP) is 3.86. The summed E-state index contributed by atoms with van der Waals surface area (Å²) in [6.07, 6.45) is 0.178. The van der Waals surface area contributed by atoms with Crippen molar-refractivity contribution in [2.24, 2.45) is 5.92 Å². The van der Waals surface area contributed by atoms with Crippen LogP contribution in [-0.2, 0) is 9.59 Å². The molecule has 11 heteroatoms. The van der Waals surface area contributed by atoms with Crippen molar-refractivity contribution in [2.45, 2.75) is 31.3 Å². The van der Waals surface area contributed by atoms with Gasteiger partial charge in [-0.15, -0.1) is 0 Å². The van der Waals surface area contributed by atoms with Gasteiger partial charge in [0, 0.05) is 35.6 Å². The third-order valence-electron chi connectivity index (χ3n) is 7.65. The maximum Gasteiger partial charge on any atom is 0.236 e. The molecule has 1 aliphatic carbocycles. The minimum Gasteiger partial charge on any atom is -0.496 e. The van der Waals surface area contributed by atoms with Gasteiger partial charge in [-0.1, -0.05) is 18.5 Å². The molecule has 1 spiro atoms. The number of methoxy groups -OCH3 is 5. The summed E-state index contributed by atoms with van der Waals surface area (Å²) >= 11 is 6.55. The lowest BCUT2D eigenvalue weighted by molar-refractivity contribution is -0.131. The van der Waals surface area contributed by atoms with Crippen LogP contribution in [0.3, 0.4) is 0 Å². The van der Waals surface area contributed by atoms with E-state index in [1.165, 1.54) is 41.6 Å². The number of carbonyl (C=O) groups excluding carboxylic acids is 3. The first kappa shape index (κ1) is 26.7. The van der Waals surface area contributed by atoms with Crippen molar-refractivity contribution in [3.63, 3.8) is 0 Å². The van der Waals surface area contributed by atoms with E-state index < -0.39 is 29.0 Å². The minimum absolute atomic E-state index is 0.0336. The lowest BCUT2D eigenvalue weighted by Crippen LogP contribution is -2.59. The number of halogens is 1. The van der Waals surface area contributed by atoms with Gasteiger partial charge in [-0.25, -0.2) is 0 Å². The molecular weight excluding hydrogens is 530 g/mol. The zero-order valence-corrected chi connectivity index (χ0v) is 23.1. The third-order valence-corrected chi connectivity index (χ3v) is 8.01. The van der Waals surface area contributed by atoms with Gasteiger partial charge in [0.1, 0.15) is 22.1 Å². The number of hydrogen-bond donors (Lipinski definition) is 1. The summed E-state index contributed by atoms with van der Waals surface area (Å²) in [5.74, 6) is -1.10. The highest BCUT2D eigenvalue weighted by atomic mass is 35.5. The summed E-state index contributed by atoms with van der Waals surface area (Å²) in [6, 6.07) is 4.89. The fourth-order valence-corrected chi connectivity index (χ4v) is 6.04. The molecular formula is C28H28ClNO9. The maximum atomic E-state index is 14.5. The van der Waals surface area contributed by atoms with Crippen LogP contribution >= 0.6 is 11.6 Å². The lowest BCUT2D eigenvalue weighted by Gasteiger charge is -2.41. The number of hydrogen-bond acceptors (Lipinski definition) is 9. The number of fused-ring (bicyclic) bond motifs is 1. The molecule has 2 heterocycles.